The normalized spacial score (nSPS) is 22.4. The van der Waals surface area contributed by atoms with Crippen LogP contribution in [0.25, 0.3) is 10.9 Å². The molecule has 1 aliphatic rings. The fourth-order valence-corrected chi connectivity index (χ4v) is 3.18. The van der Waals surface area contributed by atoms with Gasteiger partial charge >= 0.3 is 0 Å². The molecule has 3 nitrogen and oxygen atoms in total. The molecular weight excluding hydrogens is 289 g/mol. The highest BCUT2D eigenvalue weighted by molar-refractivity contribution is 5.85. The highest BCUT2D eigenvalue weighted by atomic mass is 35.5. The Morgan fingerprint density at radius 2 is 2.24 bits per heavy atom. The first-order valence-corrected chi connectivity index (χ1v) is 7.14. The summed E-state index contributed by atoms with van der Waals surface area (Å²) in [5.74, 6) is 0.362. The van der Waals surface area contributed by atoms with Crippen LogP contribution >= 0.6 is 12.4 Å². The molecule has 1 aromatic heterocycles. The minimum absolute atomic E-state index is 0. The smallest absolute Gasteiger partial charge is 0.124 e. The monoisotopic (exact) mass is 309 g/mol. The van der Waals surface area contributed by atoms with Crippen LogP contribution < -0.4 is 5.73 Å². The Bertz CT molecular complexity index is 619. The number of likely N-dealkylation sites (tertiary alicyclic amines) is 1. The van der Waals surface area contributed by atoms with E-state index in [4.69, 9.17) is 5.73 Å². The molecule has 2 heterocycles. The van der Waals surface area contributed by atoms with Crippen molar-refractivity contribution in [3.8, 4) is 0 Å². The molecule has 21 heavy (non-hydrogen) atoms. The molecule has 1 saturated heterocycles. The van der Waals surface area contributed by atoms with Crippen LogP contribution in [-0.2, 0) is 6.54 Å². The summed E-state index contributed by atoms with van der Waals surface area (Å²) in [4.78, 5) is 6.79. The lowest BCUT2D eigenvalue weighted by atomic mass is 10.1. The van der Waals surface area contributed by atoms with Gasteiger partial charge in [-0.25, -0.2) is 4.39 Å². The largest absolute Gasteiger partial charge is 0.330 e. The van der Waals surface area contributed by atoms with Crippen LogP contribution in [0.3, 0.4) is 0 Å². The van der Waals surface area contributed by atoms with E-state index in [9.17, 15) is 4.39 Å². The number of halogens is 2. The molecule has 3 rings (SSSR count). The zero-order valence-corrected chi connectivity index (χ0v) is 12.9. The maximum Gasteiger partial charge on any atom is 0.124 e. The maximum absolute atomic E-state index is 13.7. The maximum atomic E-state index is 13.7. The fraction of sp³-hybridized carbons (Fsp3) is 0.438. The van der Waals surface area contributed by atoms with E-state index in [-0.39, 0.29) is 18.2 Å². The molecule has 2 aromatic rings. The summed E-state index contributed by atoms with van der Waals surface area (Å²) in [5.41, 5.74) is 7.63. The Labute approximate surface area is 130 Å². The molecule has 114 valence electrons. The highest BCUT2D eigenvalue weighted by Crippen LogP contribution is 2.26. The van der Waals surface area contributed by atoms with Gasteiger partial charge in [0.1, 0.15) is 5.82 Å². The standard InChI is InChI=1S/C16H20FN3.ClH/c1-11-5-12(8-18)9-20(11)10-14-7-15(17)6-13-3-2-4-19-16(13)14;/h2-4,6-7,11-12H,5,8-10,18H2,1H3;1H. The van der Waals surface area contributed by atoms with Gasteiger partial charge in [0.05, 0.1) is 5.52 Å². The quantitative estimate of drug-likeness (QED) is 0.948. The topological polar surface area (TPSA) is 42.1 Å². The average Bonchev–Trinajstić information content (AvgIpc) is 2.79. The van der Waals surface area contributed by atoms with Crippen molar-refractivity contribution < 1.29 is 4.39 Å². The number of aromatic nitrogens is 1. The average molecular weight is 310 g/mol. The number of nitrogens with zero attached hydrogens (tertiary/aromatic N) is 2. The van der Waals surface area contributed by atoms with Gasteiger partial charge < -0.3 is 5.73 Å². The summed E-state index contributed by atoms with van der Waals surface area (Å²) in [6, 6.07) is 7.39. The molecule has 1 aromatic carbocycles. The predicted octanol–water partition coefficient (Wildman–Crippen LogP) is 2.96. The number of pyridine rings is 1. The molecule has 0 radical (unpaired) electrons. The van der Waals surface area contributed by atoms with Crippen molar-refractivity contribution in [1.82, 2.24) is 9.88 Å². The molecule has 0 aliphatic carbocycles. The zero-order chi connectivity index (χ0) is 14.1. The van der Waals surface area contributed by atoms with Crippen molar-refractivity contribution in [2.75, 3.05) is 13.1 Å². The van der Waals surface area contributed by atoms with Gasteiger partial charge in [-0.15, -0.1) is 12.4 Å². The lowest BCUT2D eigenvalue weighted by molar-refractivity contribution is 0.256. The minimum Gasteiger partial charge on any atom is -0.330 e. The van der Waals surface area contributed by atoms with E-state index >= 15 is 0 Å². The highest BCUT2D eigenvalue weighted by Gasteiger charge is 2.28. The summed E-state index contributed by atoms with van der Waals surface area (Å²) in [6.45, 7) is 4.67. The Kier molecular flexibility index (Phi) is 5.14. The van der Waals surface area contributed by atoms with Crippen LogP contribution in [0.1, 0.15) is 18.9 Å². The first-order chi connectivity index (χ1) is 9.67. The van der Waals surface area contributed by atoms with Crippen molar-refractivity contribution >= 4 is 23.3 Å². The van der Waals surface area contributed by atoms with Crippen molar-refractivity contribution in [3.05, 3.63) is 41.8 Å². The summed E-state index contributed by atoms with van der Waals surface area (Å²) < 4.78 is 13.7. The third kappa shape index (κ3) is 3.34. The third-order valence-electron chi connectivity index (χ3n) is 4.25. The number of fused-ring (bicyclic) bond motifs is 1. The second kappa shape index (κ2) is 6.69. The van der Waals surface area contributed by atoms with Gasteiger partial charge in [0.2, 0.25) is 0 Å². The van der Waals surface area contributed by atoms with E-state index < -0.39 is 0 Å². The van der Waals surface area contributed by atoms with Crippen molar-refractivity contribution in [1.29, 1.82) is 0 Å². The van der Waals surface area contributed by atoms with E-state index in [2.05, 4.69) is 16.8 Å². The van der Waals surface area contributed by atoms with Crippen LogP contribution in [0.2, 0.25) is 0 Å². The summed E-state index contributed by atoms with van der Waals surface area (Å²) in [5, 5.41) is 0.865. The molecule has 0 bridgehead atoms. The molecule has 1 aliphatic heterocycles. The Balaban J connectivity index is 0.00000161. The second-order valence-corrected chi connectivity index (χ2v) is 5.76. The zero-order valence-electron chi connectivity index (χ0n) is 12.1. The van der Waals surface area contributed by atoms with E-state index in [1.807, 2.05) is 12.1 Å². The molecule has 2 unspecified atom stereocenters. The van der Waals surface area contributed by atoms with E-state index in [0.717, 1.165) is 42.5 Å². The Hall–Kier alpha value is -1.23. The SMILES string of the molecule is CC1CC(CN)CN1Cc1cc(F)cc2cccnc12.Cl. The van der Waals surface area contributed by atoms with Crippen LogP contribution in [0.5, 0.6) is 0 Å². The van der Waals surface area contributed by atoms with E-state index in [1.54, 1.807) is 18.3 Å². The predicted molar refractivity (Wildman–Crippen MR) is 86.0 cm³/mol. The summed E-state index contributed by atoms with van der Waals surface area (Å²) in [6.07, 6.45) is 2.89. The first-order valence-electron chi connectivity index (χ1n) is 7.14. The van der Waals surface area contributed by atoms with Gasteiger partial charge in [-0.2, -0.15) is 0 Å². The molecule has 0 saturated carbocycles. The minimum atomic E-state index is -0.192. The van der Waals surface area contributed by atoms with Crippen LogP contribution in [0, 0.1) is 11.7 Å². The number of hydrogen-bond acceptors (Lipinski definition) is 3. The van der Waals surface area contributed by atoms with Crippen LogP contribution in [-0.4, -0.2) is 29.0 Å². The van der Waals surface area contributed by atoms with Crippen LogP contribution in [0.4, 0.5) is 4.39 Å². The second-order valence-electron chi connectivity index (χ2n) is 5.76. The van der Waals surface area contributed by atoms with Crippen molar-refractivity contribution in [3.63, 3.8) is 0 Å². The number of rotatable bonds is 3. The number of nitrogens with two attached hydrogens (primary N) is 1. The molecule has 2 atom stereocenters. The molecular formula is C16H21ClFN3. The fourth-order valence-electron chi connectivity index (χ4n) is 3.18. The lowest BCUT2D eigenvalue weighted by Crippen LogP contribution is -2.27. The summed E-state index contributed by atoms with van der Waals surface area (Å²) >= 11 is 0. The molecule has 0 amide bonds. The van der Waals surface area contributed by atoms with Gasteiger partial charge in [-0.05, 0) is 49.6 Å². The number of benzene rings is 1. The van der Waals surface area contributed by atoms with Crippen LogP contribution in [0.15, 0.2) is 30.5 Å². The van der Waals surface area contributed by atoms with Gasteiger partial charge in [0.25, 0.3) is 0 Å². The van der Waals surface area contributed by atoms with E-state index in [0.29, 0.717) is 12.0 Å². The van der Waals surface area contributed by atoms with Crippen molar-refractivity contribution in [2.24, 2.45) is 11.7 Å². The molecule has 2 N–H and O–H groups in total. The molecule has 5 heteroatoms. The van der Waals surface area contributed by atoms with E-state index in [1.165, 1.54) is 0 Å². The van der Waals surface area contributed by atoms with Crippen molar-refractivity contribution in [2.45, 2.75) is 25.9 Å². The van der Waals surface area contributed by atoms with Gasteiger partial charge in [0, 0.05) is 30.7 Å². The summed E-state index contributed by atoms with van der Waals surface area (Å²) in [7, 11) is 0. The molecule has 1 fully saturated rings. The first kappa shape index (κ1) is 16.1. The number of hydrogen-bond donors (Lipinski definition) is 1. The lowest BCUT2D eigenvalue weighted by Gasteiger charge is -2.21. The van der Waals surface area contributed by atoms with Gasteiger partial charge in [-0.3, -0.25) is 9.88 Å². The molecule has 0 spiro atoms. The van der Waals surface area contributed by atoms with Gasteiger partial charge in [0.15, 0.2) is 0 Å². The third-order valence-corrected chi connectivity index (χ3v) is 4.25. The van der Waals surface area contributed by atoms with Gasteiger partial charge in [-0.1, -0.05) is 6.07 Å². The Morgan fingerprint density at radius 1 is 1.43 bits per heavy atom. The Morgan fingerprint density at radius 3 is 2.95 bits per heavy atom.